The Kier molecular flexibility index (Phi) is 4.92. The van der Waals surface area contributed by atoms with E-state index >= 15 is 0 Å². The van der Waals surface area contributed by atoms with Crippen LogP contribution < -0.4 is 0 Å². The van der Waals surface area contributed by atoms with Gasteiger partial charge in [-0.3, -0.25) is 4.79 Å². The molecule has 0 saturated carbocycles. The van der Waals surface area contributed by atoms with Crippen molar-refractivity contribution in [1.82, 2.24) is 0 Å². The Labute approximate surface area is 100 Å². The van der Waals surface area contributed by atoms with Gasteiger partial charge in [0.15, 0.2) is 5.05 Å². The molecule has 0 aliphatic heterocycles. The minimum Gasteiger partial charge on any atom is -0.489 e. The minimum atomic E-state index is -0.521. The van der Waals surface area contributed by atoms with Gasteiger partial charge in [0, 0.05) is 0 Å². The van der Waals surface area contributed by atoms with E-state index < -0.39 is 5.92 Å². The highest BCUT2D eigenvalue weighted by molar-refractivity contribution is 7.80. The lowest BCUT2D eigenvalue weighted by Crippen LogP contribution is -2.27. The summed E-state index contributed by atoms with van der Waals surface area (Å²) in [5, 5.41) is 0.260. The first-order valence-electron chi connectivity index (χ1n) is 4.88. The van der Waals surface area contributed by atoms with E-state index in [0.29, 0.717) is 6.42 Å². The monoisotopic (exact) mass is 238 g/mol. The lowest BCUT2D eigenvalue weighted by Gasteiger charge is -2.14. The van der Waals surface area contributed by atoms with E-state index in [2.05, 4.69) is 0 Å². The number of carbonyl (C=O) groups is 1. The Bertz CT molecular complexity index is 346. The fourth-order valence-corrected chi connectivity index (χ4v) is 1.58. The second-order valence-electron chi connectivity index (χ2n) is 3.29. The van der Waals surface area contributed by atoms with Gasteiger partial charge in [-0.1, -0.05) is 30.3 Å². The van der Waals surface area contributed by atoms with Crippen LogP contribution in [0, 0.1) is 5.92 Å². The maximum Gasteiger partial charge on any atom is 0.317 e. The molecule has 0 spiro atoms. The number of ether oxygens (including phenoxy) is 2. The van der Waals surface area contributed by atoms with Crippen LogP contribution in [0.1, 0.15) is 5.56 Å². The smallest absolute Gasteiger partial charge is 0.317 e. The summed E-state index contributed by atoms with van der Waals surface area (Å²) in [4.78, 5) is 11.5. The second kappa shape index (κ2) is 6.23. The molecule has 1 aromatic rings. The molecule has 1 unspecified atom stereocenters. The second-order valence-corrected chi connectivity index (χ2v) is 3.69. The molecule has 0 saturated heterocycles. The van der Waals surface area contributed by atoms with E-state index in [9.17, 15) is 4.79 Å². The summed E-state index contributed by atoms with van der Waals surface area (Å²) in [7, 11) is 2.81. The first-order valence-corrected chi connectivity index (χ1v) is 5.29. The van der Waals surface area contributed by atoms with E-state index in [1.54, 1.807) is 0 Å². The van der Waals surface area contributed by atoms with Crippen molar-refractivity contribution in [2.75, 3.05) is 14.2 Å². The number of benzene rings is 1. The highest BCUT2D eigenvalue weighted by atomic mass is 32.1. The normalized spacial score (nSPS) is 11.6. The Balaban J connectivity index is 2.79. The van der Waals surface area contributed by atoms with Crippen LogP contribution in [0.15, 0.2) is 30.3 Å². The molecule has 0 radical (unpaired) electrons. The minimum absolute atomic E-state index is 0.260. The zero-order chi connectivity index (χ0) is 12.0. The summed E-state index contributed by atoms with van der Waals surface area (Å²) >= 11 is 5.00. The molecule has 0 fully saturated rings. The van der Waals surface area contributed by atoms with Crippen molar-refractivity contribution in [3.63, 3.8) is 0 Å². The molecule has 4 heteroatoms. The summed E-state index contributed by atoms with van der Waals surface area (Å²) in [6.45, 7) is 0. The average Bonchev–Trinajstić information content (AvgIpc) is 2.35. The van der Waals surface area contributed by atoms with Crippen LogP contribution in [0.25, 0.3) is 0 Å². The Morgan fingerprint density at radius 3 is 2.38 bits per heavy atom. The molecule has 0 amide bonds. The van der Waals surface area contributed by atoms with Gasteiger partial charge < -0.3 is 9.47 Å². The summed E-state index contributed by atoms with van der Waals surface area (Å²) in [5.74, 6) is -0.886. The highest BCUT2D eigenvalue weighted by Gasteiger charge is 2.25. The SMILES string of the molecule is COC(=O)C(Cc1ccccc1)C(=S)OC. The van der Waals surface area contributed by atoms with Crippen molar-refractivity contribution in [2.24, 2.45) is 5.92 Å². The highest BCUT2D eigenvalue weighted by Crippen LogP contribution is 2.13. The fraction of sp³-hybridized carbons (Fsp3) is 0.333. The van der Waals surface area contributed by atoms with Gasteiger partial charge in [0.05, 0.1) is 14.2 Å². The molecule has 1 atom stereocenters. The van der Waals surface area contributed by atoms with Gasteiger partial charge in [-0.25, -0.2) is 0 Å². The Morgan fingerprint density at radius 2 is 1.88 bits per heavy atom. The number of carbonyl (C=O) groups excluding carboxylic acids is 1. The van der Waals surface area contributed by atoms with E-state index in [-0.39, 0.29) is 11.0 Å². The number of methoxy groups -OCH3 is 2. The van der Waals surface area contributed by atoms with Crippen LogP contribution in [0.4, 0.5) is 0 Å². The van der Waals surface area contributed by atoms with E-state index in [4.69, 9.17) is 21.7 Å². The van der Waals surface area contributed by atoms with Gasteiger partial charge in [-0.15, -0.1) is 0 Å². The third kappa shape index (κ3) is 3.31. The predicted molar refractivity (Wildman–Crippen MR) is 65.3 cm³/mol. The lowest BCUT2D eigenvalue weighted by atomic mass is 10.0. The molecule has 0 aliphatic carbocycles. The van der Waals surface area contributed by atoms with Crippen LogP contribution in [0.3, 0.4) is 0 Å². The number of thiocarbonyl (C=S) groups is 1. The van der Waals surface area contributed by atoms with Crippen LogP contribution in [-0.2, 0) is 20.7 Å². The first-order chi connectivity index (χ1) is 7.69. The van der Waals surface area contributed by atoms with E-state index in [1.807, 2.05) is 30.3 Å². The third-order valence-corrected chi connectivity index (χ3v) is 2.71. The van der Waals surface area contributed by atoms with Gasteiger partial charge in [0.1, 0.15) is 5.92 Å². The standard InChI is InChI=1S/C12H14O3S/c1-14-11(13)10(12(16)15-2)8-9-6-4-3-5-7-9/h3-7,10H,8H2,1-2H3. The molecule has 86 valence electrons. The molecule has 0 N–H and O–H groups in total. The van der Waals surface area contributed by atoms with Crippen molar-refractivity contribution < 1.29 is 14.3 Å². The van der Waals surface area contributed by atoms with Crippen molar-refractivity contribution in [3.8, 4) is 0 Å². The fourth-order valence-electron chi connectivity index (χ4n) is 1.40. The summed E-state index contributed by atoms with van der Waals surface area (Å²) in [6.07, 6.45) is 0.500. The molecule has 0 aliphatic rings. The molecule has 16 heavy (non-hydrogen) atoms. The van der Waals surface area contributed by atoms with Crippen LogP contribution in [0.5, 0.6) is 0 Å². The van der Waals surface area contributed by atoms with Gasteiger partial charge >= 0.3 is 5.97 Å². The van der Waals surface area contributed by atoms with Crippen LogP contribution >= 0.6 is 12.2 Å². The van der Waals surface area contributed by atoms with Gasteiger partial charge in [0.2, 0.25) is 0 Å². The van der Waals surface area contributed by atoms with Crippen molar-refractivity contribution in [3.05, 3.63) is 35.9 Å². The maximum atomic E-state index is 11.5. The average molecular weight is 238 g/mol. The van der Waals surface area contributed by atoms with Crippen molar-refractivity contribution in [1.29, 1.82) is 0 Å². The molecule has 1 aromatic carbocycles. The van der Waals surface area contributed by atoms with Gasteiger partial charge in [-0.05, 0) is 24.2 Å². The van der Waals surface area contributed by atoms with Crippen molar-refractivity contribution in [2.45, 2.75) is 6.42 Å². The molecular formula is C12H14O3S. The Hall–Kier alpha value is -1.42. The molecule has 0 aromatic heterocycles. The third-order valence-electron chi connectivity index (χ3n) is 2.25. The number of hydrogen-bond acceptors (Lipinski definition) is 4. The first kappa shape index (κ1) is 12.6. The predicted octanol–water partition coefficient (Wildman–Crippen LogP) is 1.99. The number of rotatable bonds is 4. The van der Waals surface area contributed by atoms with Crippen LogP contribution in [-0.4, -0.2) is 25.2 Å². The maximum absolute atomic E-state index is 11.5. The van der Waals surface area contributed by atoms with E-state index in [1.165, 1.54) is 14.2 Å². The molecule has 0 heterocycles. The quantitative estimate of drug-likeness (QED) is 0.593. The zero-order valence-electron chi connectivity index (χ0n) is 9.30. The van der Waals surface area contributed by atoms with E-state index in [0.717, 1.165) is 5.56 Å². The van der Waals surface area contributed by atoms with Gasteiger partial charge in [0.25, 0.3) is 0 Å². The lowest BCUT2D eigenvalue weighted by molar-refractivity contribution is -0.143. The topological polar surface area (TPSA) is 35.5 Å². The molecular weight excluding hydrogens is 224 g/mol. The molecule has 1 rings (SSSR count). The zero-order valence-corrected chi connectivity index (χ0v) is 10.1. The molecule has 3 nitrogen and oxygen atoms in total. The number of esters is 1. The molecule has 0 bridgehead atoms. The largest absolute Gasteiger partial charge is 0.489 e. The number of hydrogen-bond donors (Lipinski definition) is 0. The summed E-state index contributed by atoms with van der Waals surface area (Å²) < 4.78 is 9.64. The van der Waals surface area contributed by atoms with Gasteiger partial charge in [-0.2, -0.15) is 0 Å². The summed E-state index contributed by atoms with van der Waals surface area (Å²) in [6, 6.07) is 9.63. The Morgan fingerprint density at radius 1 is 1.25 bits per heavy atom. The summed E-state index contributed by atoms with van der Waals surface area (Å²) in [5.41, 5.74) is 1.03. The van der Waals surface area contributed by atoms with Crippen LogP contribution in [0.2, 0.25) is 0 Å². The van der Waals surface area contributed by atoms with Crippen molar-refractivity contribution >= 4 is 23.2 Å².